The summed E-state index contributed by atoms with van der Waals surface area (Å²) in [5, 5.41) is 21.4. The van der Waals surface area contributed by atoms with Gasteiger partial charge in [-0.15, -0.1) is 0 Å². The summed E-state index contributed by atoms with van der Waals surface area (Å²) in [5.41, 5.74) is 2.41. The molecule has 0 fully saturated rings. The normalized spacial score (nSPS) is 10.8. The molecule has 3 aromatic rings. The van der Waals surface area contributed by atoms with Crippen molar-refractivity contribution in [2.75, 3.05) is 0 Å². The summed E-state index contributed by atoms with van der Waals surface area (Å²) in [5.74, 6) is -0.0769. The van der Waals surface area contributed by atoms with Crippen LogP contribution in [0.2, 0.25) is 0 Å². The number of nitrogens with zero attached hydrogens (tertiary/aromatic N) is 2. The molecule has 0 atom stereocenters. The van der Waals surface area contributed by atoms with Crippen molar-refractivity contribution >= 4 is 16.6 Å². The maximum atomic E-state index is 10.9. The Morgan fingerprint density at radius 3 is 2.50 bits per heavy atom. The van der Waals surface area contributed by atoms with E-state index < -0.39 is 4.92 Å². The summed E-state index contributed by atoms with van der Waals surface area (Å²) in [6.07, 6.45) is 0. The summed E-state index contributed by atoms with van der Waals surface area (Å²) in [4.78, 5) is 10.4. The van der Waals surface area contributed by atoms with E-state index in [1.54, 1.807) is 0 Å². The highest BCUT2D eigenvalue weighted by molar-refractivity contribution is 5.93. The molecular formula is C15H12N2O3. The van der Waals surface area contributed by atoms with E-state index in [0.717, 1.165) is 11.3 Å². The number of nitro groups is 1. The number of aromatic nitrogens is 1. The van der Waals surface area contributed by atoms with Crippen LogP contribution in [0.4, 0.5) is 5.69 Å². The molecule has 0 spiro atoms. The lowest BCUT2D eigenvalue weighted by Crippen LogP contribution is -1.92. The van der Waals surface area contributed by atoms with Crippen molar-refractivity contribution < 1.29 is 10.0 Å². The van der Waals surface area contributed by atoms with Crippen LogP contribution >= 0.6 is 0 Å². The van der Waals surface area contributed by atoms with Gasteiger partial charge in [-0.2, -0.15) is 0 Å². The predicted molar refractivity (Wildman–Crippen MR) is 76.7 cm³/mol. The Morgan fingerprint density at radius 2 is 1.85 bits per heavy atom. The van der Waals surface area contributed by atoms with Crippen molar-refractivity contribution in [1.29, 1.82) is 0 Å². The minimum Gasteiger partial charge on any atom is -0.507 e. The zero-order valence-corrected chi connectivity index (χ0v) is 10.8. The molecule has 1 N–H and O–H groups in total. The van der Waals surface area contributed by atoms with Crippen LogP contribution in [0.1, 0.15) is 0 Å². The van der Waals surface area contributed by atoms with Crippen molar-refractivity contribution in [2.24, 2.45) is 7.05 Å². The van der Waals surface area contributed by atoms with Crippen LogP contribution in [0.25, 0.3) is 22.2 Å². The van der Waals surface area contributed by atoms with Gasteiger partial charge < -0.3 is 9.67 Å². The van der Waals surface area contributed by atoms with E-state index in [1.165, 1.54) is 12.1 Å². The molecule has 0 unspecified atom stereocenters. The number of fused-ring (bicyclic) bond motifs is 1. The van der Waals surface area contributed by atoms with Gasteiger partial charge in [-0.25, -0.2) is 0 Å². The van der Waals surface area contributed by atoms with Crippen LogP contribution in [0.15, 0.2) is 48.5 Å². The van der Waals surface area contributed by atoms with Crippen molar-refractivity contribution in [2.45, 2.75) is 0 Å². The lowest BCUT2D eigenvalue weighted by atomic mass is 10.1. The molecule has 5 nitrogen and oxygen atoms in total. The number of hydrogen-bond acceptors (Lipinski definition) is 3. The second-order valence-corrected chi connectivity index (χ2v) is 4.61. The second kappa shape index (κ2) is 4.38. The largest absolute Gasteiger partial charge is 0.507 e. The lowest BCUT2D eigenvalue weighted by molar-refractivity contribution is -0.384. The molecule has 0 aliphatic rings. The van der Waals surface area contributed by atoms with Crippen LogP contribution < -0.4 is 0 Å². The molecule has 0 saturated heterocycles. The van der Waals surface area contributed by atoms with E-state index >= 15 is 0 Å². The second-order valence-electron chi connectivity index (χ2n) is 4.61. The van der Waals surface area contributed by atoms with Crippen LogP contribution in [-0.2, 0) is 7.05 Å². The first kappa shape index (κ1) is 12.2. The Balaban J connectivity index is 2.30. The van der Waals surface area contributed by atoms with Gasteiger partial charge in [0.05, 0.1) is 16.5 Å². The first-order valence-corrected chi connectivity index (χ1v) is 6.10. The van der Waals surface area contributed by atoms with E-state index in [0.29, 0.717) is 10.9 Å². The third-order valence-electron chi connectivity index (χ3n) is 3.41. The molecule has 1 aromatic heterocycles. The number of aryl methyl sites for hydroxylation is 1. The lowest BCUT2D eigenvalue weighted by Gasteiger charge is -2.04. The minimum atomic E-state index is -0.506. The fourth-order valence-electron chi connectivity index (χ4n) is 2.39. The van der Waals surface area contributed by atoms with E-state index in [9.17, 15) is 15.2 Å². The highest BCUT2D eigenvalue weighted by Crippen LogP contribution is 2.35. The van der Waals surface area contributed by atoms with E-state index in [4.69, 9.17) is 0 Å². The number of hydrogen-bond donors (Lipinski definition) is 1. The zero-order chi connectivity index (χ0) is 14.3. The van der Waals surface area contributed by atoms with Gasteiger partial charge in [0.15, 0.2) is 0 Å². The Labute approximate surface area is 114 Å². The first-order valence-electron chi connectivity index (χ1n) is 6.10. The van der Waals surface area contributed by atoms with E-state index in [1.807, 2.05) is 48.0 Å². The number of non-ortho nitro benzene ring substituents is 1. The first-order chi connectivity index (χ1) is 9.58. The van der Waals surface area contributed by atoms with Crippen molar-refractivity contribution in [1.82, 2.24) is 4.57 Å². The monoisotopic (exact) mass is 268 g/mol. The van der Waals surface area contributed by atoms with Crippen LogP contribution in [0, 0.1) is 10.1 Å². The quantitative estimate of drug-likeness (QED) is 0.571. The molecule has 1 heterocycles. The van der Waals surface area contributed by atoms with Gasteiger partial charge in [0.2, 0.25) is 0 Å². The Bertz CT molecular complexity index is 807. The number of nitro benzene ring substituents is 1. The fourth-order valence-corrected chi connectivity index (χ4v) is 2.39. The summed E-state index contributed by atoms with van der Waals surface area (Å²) in [6, 6.07) is 14.2. The van der Waals surface area contributed by atoms with Crippen LogP contribution in [-0.4, -0.2) is 14.6 Å². The maximum Gasteiger partial charge on any atom is 0.275 e. The van der Waals surface area contributed by atoms with Gasteiger partial charge in [0.1, 0.15) is 5.75 Å². The molecular weight excluding hydrogens is 256 g/mol. The Morgan fingerprint density at radius 1 is 1.15 bits per heavy atom. The number of rotatable bonds is 2. The average Bonchev–Trinajstić information content (AvgIpc) is 2.78. The van der Waals surface area contributed by atoms with Crippen LogP contribution in [0.3, 0.4) is 0 Å². The van der Waals surface area contributed by atoms with Gasteiger partial charge in [-0.05, 0) is 11.6 Å². The molecule has 0 amide bonds. The SMILES string of the molecule is Cn1c(-c2ccccc2)cc2c(O)cc([N+](=O)[O-])cc21. The Hall–Kier alpha value is -2.82. The highest BCUT2D eigenvalue weighted by Gasteiger charge is 2.16. The van der Waals surface area contributed by atoms with Gasteiger partial charge in [0, 0.05) is 24.2 Å². The molecule has 0 aliphatic carbocycles. The zero-order valence-electron chi connectivity index (χ0n) is 10.8. The molecule has 5 heteroatoms. The molecule has 2 aromatic carbocycles. The predicted octanol–water partition coefficient (Wildman–Crippen LogP) is 3.46. The van der Waals surface area contributed by atoms with Gasteiger partial charge in [0.25, 0.3) is 5.69 Å². The molecule has 0 aliphatic heterocycles. The van der Waals surface area contributed by atoms with Gasteiger partial charge in [-0.1, -0.05) is 30.3 Å². The van der Waals surface area contributed by atoms with Crippen molar-refractivity contribution in [3.63, 3.8) is 0 Å². The molecule has 20 heavy (non-hydrogen) atoms. The molecule has 3 rings (SSSR count). The molecule has 0 radical (unpaired) electrons. The van der Waals surface area contributed by atoms with Crippen molar-refractivity contribution in [3.8, 4) is 17.0 Å². The standard InChI is InChI=1S/C15H12N2O3/c1-16-13(10-5-3-2-4-6-10)9-12-14(16)7-11(17(19)20)8-15(12)18/h2-9,18H,1H3. The number of phenolic OH excluding ortho intramolecular Hbond substituents is 1. The fraction of sp³-hybridized carbons (Fsp3) is 0.0667. The topological polar surface area (TPSA) is 68.3 Å². The molecule has 0 saturated carbocycles. The smallest absolute Gasteiger partial charge is 0.275 e. The Kier molecular flexibility index (Phi) is 2.68. The van der Waals surface area contributed by atoms with Crippen molar-refractivity contribution in [3.05, 3.63) is 58.6 Å². The van der Waals surface area contributed by atoms with E-state index in [-0.39, 0.29) is 11.4 Å². The number of benzene rings is 2. The number of phenols is 1. The summed E-state index contributed by atoms with van der Waals surface area (Å²) in [6.45, 7) is 0. The highest BCUT2D eigenvalue weighted by atomic mass is 16.6. The summed E-state index contributed by atoms with van der Waals surface area (Å²) < 4.78 is 1.84. The minimum absolute atomic E-state index is 0.0769. The van der Waals surface area contributed by atoms with Crippen LogP contribution in [0.5, 0.6) is 5.75 Å². The third kappa shape index (κ3) is 1.80. The average molecular weight is 268 g/mol. The number of aromatic hydroxyl groups is 1. The summed E-state index contributed by atoms with van der Waals surface area (Å²) in [7, 11) is 1.83. The molecule has 0 bridgehead atoms. The molecule has 100 valence electrons. The van der Waals surface area contributed by atoms with E-state index in [2.05, 4.69) is 0 Å². The third-order valence-corrected chi connectivity index (χ3v) is 3.41. The summed E-state index contributed by atoms with van der Waals surface area (Å²) >= 11 is 0. The maximum absolute atomic E-state index is 10.9. The van der Waals surface area contributed by atoms with Gasteiger partial charge >= 0.3 is 0 Å². The van der Waals surface area contributed by atoms with Gasteiger partial charge in [-0.3, -0.25) is 10.1 Å².